The zero-order valence-electron chi connectivity index (χ0n) is 11.2. The Hall–Kier alpha value is -1.63. The van der Waals surface area contributed by atoms with Crippen LogP contribution in [-0.4, -0.2) is 15.5 Å². The van der Waals surface area contributed by atoms with Crippen molar-refractivity contribution < 1.29 is 12.8 Å². The van der Waals surface area contributed by atoms with Gasteiger partial charge in [-0.1, -0.05) is 29.8 Å². The second-order valence-corrected chi connectivity index (χ2v) is 6.43. The van der Waals surface area contributed by atoms with E-state index in [1.807, 2.05) is 0 Å². The highest BCUT2D eigenvalue weighted by Crippen LogP contribution is 2.26. The molecule has 0 aliphatic heterocycles. The molecule has 0 radical (unpaired) electrons. The van der Waals surface area contributed by atoms with Crippen LogP contribution in [0.1, 0.15) is 5.56 Å². The fraction of sp³-hybridized carbons (Fsp3) is 0.143. The van der Waals surface area contributed by atoms with Crippen LogP contribution in [0.4, 0.5) is 10.1 Å². The molecule has 7 heteroatoms. The molecule has 0 amide bonds. The number of rotatable bonds is 5. The zero-order valence-corrected chi connectivity index (χ0v) is 12.8. The molecule has 21 heavy (non-hydrogen) atoms. The Morgan fingerprint density at radius 1 is 1.19 bits per heavy atom. The van der Waals surface area contributed by atoms with Gasteiger partial charge in [0.1, 0.15) is 5.82 Å². The number of anilines is 1. The highest BCUT2D eigenvalue weighted by atomic mass is 35.5. The second-order valence-electron chi connectivity index (χ2n) is 4.37. The summed E-state index contributed by atoms with van der Waals surface area (Å²) in [5.41, 5.74) is 0.621. The van der Waals surface area contributed by atoms with E-state index in [-0.39, 0.29) is 15.6 Å². The van der Waals surface area contributed by atoms with Crippen molar-refractivity contribution in [3.63, 3.8) is 0 Å². The normalized spacial score (nSPS) is 11.4. The fourth-order valence-electron chi connectivity index (χ4n) is 1.88. The smallest absolute Gasteiger partial charge is 0.262 e. The summed E-state index contributed by atoms with van der Waals surface area (Å²) in [5.74, 6) is -0.569. The first kappa shape index (κ1) is 15.8. The van der Waals surface area contributed by atoms with Crippen molar-refractivity contribution in [1.29, 1.82) is 0 Å². The molecule has 2 N–H and O–H groups in total. The Kier molecular flexibility index (Phi) is 4.82. The van der Waals surface area contributed by atoms with Gasteiger partial charge in [-0.3, -0.25) is 4.72 Å². The van der Waals surface area contributed by atoms with Gasteiger partial charge in [-0.05, 0) is 36.9 Å². The van der Waals surface area contributed by atoms with E-state index in [9.17, 15) is 12.8 Å². The number of benzene rings is 2. The van der Waals surface area contributed by atoms with Crippen LogP contribution >= 0.6 is 11.6 Å². The van der Waals surface area contributed by atoms with Crippen LogP contribution < -0.4 is 10.0 Å². The average molecular weight is 329 g/mol. The lowest BCUT2D eigenvalue weighted by atomic mass is 10.2. The second kappa shape index (κ2) is 6.43. The molecule has 2 aromatic carbocycles. The van der Waals surface area contributed by atoms with Crippen LogP contribution in [0.2, 0.25) is 5.02 Å². The minimum Gasteiger partial charge on any atom is -0.316 e. The summed E-state index contributed by atoms with van der Waals surface area (Å²) < 4.78 is 40.4. The highest BCUT2D eigenvalue weighted by Gasteiger charge is 2.19. The lowest BCUT2D eigenvalue weighted by Crippen LogP contribution is -2.17. The summed E-state index contributed by atoms with van der Waals surface area (Å²) in [6, 6.07) is 10.1. The third kappa shape index (κ3) is 3.72. The Balaban J connectivity index is 2.41. The van der Waals surface area contributed by atoms with Crippen molar-refractivity contribution in [2.24, 2.45) is 0 Å². The van der Waals surface area contributed by atoms with Gasteiger partial charge in [0, 0.05) is 6.54 Å². The minimum atomic E-state index is -3.85. The van der Waals surface area contributed by atoms with Crippen molar-refractivity contribution in [3.8, 4) is 0 Å². The third-order valence-electron chi connectivity index (χ3n) is 2.80. The molecule has 0 aromatic heterocycles. The van der Waals surface area contributed by atoms with Gasteiger partial charge >= 0.3 is 0 Å². The van der Waals surface area contributed by atoms with E-state index in [0.717, 1.165) is 12.1 Å². The van der Waals surface area contributed by atoms with E-state index in [1.165, 1.54) is 12.1 Å². The van der Waals surface area contributed by atoms with Crippen LogP contribution in [0.25, 0.3) is 0 Å². The van der Waals surface area contributed by atoms with Crippen LogP contribution in [0.15, 0.2) is 47.4 Å². The molecule has 0 heterocycles. The number of halogens is 2. The van der Waals surface area contributed by atoms with Crippen molar-refractivity contribution in [1.82, 2.24) is 5.32 Å². The number of nitrogens with one attached hydrogen (secondary N) is 2. The Bertz CT molecular complexity index is 750. The monoisotopic (exact) mass is 328 g/mol. The minimum absolute atomic E-state index is 0.0101. The quantitative estimate of drug-likeness (QED) is 0.887. The van der Waals surface area contributed by atoms with Crippen LogP contribution in [-0.2, 0) is 16.6 Å². The number of sulfonamides is 1. The molecule has 0 bridgehead atoms. The van der Waals surface area contributed by atoms with Crippen molar-refractivity contribution in [2.45, 2.75) is 11.4 Å². The number of hydrogen-bond acceptors (Lipinski definition) is 3. The molecule has 0 saturated heterocycles. The van der Waals surface area contributed by atoms with Gasteiger partial charge in [0.2, 0.25) is 0 Å². The first-order valence-electron chi connectivity index (χ1n) is 6.14. The third-order valence-corrected chi connectivity index (χ3v) is 4.60. The van der Waals surface area contributed by atoms with E-state index >= 15 is 0 Å². The summed E-state index contributed by atoms with van der Waals surface area (Å²) in [7, 11) is -2.12. The largest absolute Gasteiger partial charge is 0.316 e. The van der Waals surface area contributed by atoms with Gasteiger partial charge in [-0.2, -0.15) is 0 Å². The SMILES string of the molecule is CNCc1ccccc1S(=O)(=O)Nc1cc(F)ccc1Cl. The van der Waals surface area contributed by atoms with E-state index in [2.05, 4.69) is 10.0 Å². The molecular formula is C14H14ClFN2O2S. The summed E-state index contributed by atoms with van der Waals surface area (Å²) >= 11 is 5.88. The van der Waals surface area contributed by atoms with Gasteiger partial charge in [0.15, 0.2) is 0 Å². The average Bonchev–Trinajstić information content (AvgIpc) is 2.43. The topological polar surface area (TPSA) is 58.2 Å². The summed E-state index contributed by atoms with van der Waals surface area (Å²) in [4.78, 5) is 0.125. The summed E-state index contributed by atoms with van der Waals surface area (Å²) in [5, 5.41) is 3.03. The first-order valence-corrected chi connectivity index (χ1v) is 8.00. The van der Waals surface area contributed by atoms with Gasteiger partial charge in [-0.15, -0.1) is 0 Å². The van der Waals surface area contributed by atoms with Crippen molar-refractivity contribution in [2.75, 3.05) is 11.8 Å². The van der Waals surface area contributed by atoms with E-state index in [1.54, 1.807) is 25.2 Å². The lowest BCUT2D eigenvalue weighted by molar-refractivity contribution is 0.599. The van der Waals surface area contributed by atoms with Gasteiger partial charge < -0.3 is 5.32 Å². The van der Waals surface area contributed by atoms with Crippen molar-refractivity contribution >= 4 is 27.3 Å². The van der Waals surface area contributed by atoms with Gasteiger partial charge in [0.25, 0.3) is 10.0 Å². The summed E-state index contributed by atoms with van der Waals surface area (Å²) in [6.07, 6.45) is 0. The molecule has 0 atom stereocenters. The van der Waals surface area contributed by atoms with E-state index in [0.29, 0.717) is 12.1 Å². The zero-order chi connectivity index (χ0) is 15.5. The molecule has 0 saturated carbocycles. The van der Waals surface area contributed by atoms with Crippen LogP contribution in [0, 0.1) is 5.82 Å². The maximum absolute atomic E-state index is 13.2. The van der Waals surface area contributed by atoms with Gasteiger partial charge in [0.05, 0.1) is 15.6 Å². The predicted molar refractivity (Wildman–Crippen MR) is 81.4 cm³/mol. The highest BCUT2D eigenvalue weighted by molar-refractivity contribution is 7.92. The van der Waals surface area contributed by atoms with Crippen LogP contribution in [0.3, 0.4) is 0 Å². The van der Waals surface area contributed by atoms with E-state index in [4.69, 9.17) is 11.6 Å². The number of hydrogen-bond donors (Lipinski definition) is 2. The molecular weight excluding hydrogens is 315 g/mol. The molecule has 0 fully saturated rings. The Morgan fingerprint density at radius 3 is 2.62 bits per heavy atom. The first-order chi connectivity index (χ1) is 9.94. The maximum atomic E-state index is 13.2. The molecule has 4 nitrogen and oxygen atoms in total. The predicted octanol–water partition coefficient (Wildman–Crippen LogP) is 3.00. The fourth-order valence-corrected chi connectivity index (χ4v) is 3.41. The van der Waals surface area contributed by atoms with E-state index < -0.39 is 15.8 Å². The Labute approximate surface area is 128 Å². The van der Waals surface area contributed by atoms with Crippen molar-refractivity contribution in [3.05, 3.63) is 58.9 Å². The lowest BCUT2D eigenvalue weighted by Gasteiger charge is -2.13. The molecule has 112 valence electrons. The molecule has 0 unspecified atom stereocenters. The Morgan fingerprint density at radius 2 is 1.90 bits per heavy atom. The molecule has 0 aliphatic rings. The summed E-state index contributed by atoms with van der Waals surface area (Å²) in [6.45, 7) is 0.397. The van der Waals surface area contributed by atoms with Gasteiger partial charge in [-0.25, -0.2) is 12.8 Å². The molecule has 2 rings (SSSR count). The molecule has 0 spiro atoms. The standard InChI is InChI=1S/C14H14ClFN2O2S/c1-17-9-10-4-2-3-5-14(10)21(19,20)18-13-8-11(16)6-7-12(13)15/h2-8,17-18H,9H2,1H3. The molecule has 2 aromatic rings. The maximum Gasteiger partial charge on any atom is 0.262 e. The van der Waals surface area contributed by atoms with Crippen LogP contribution in [0.5, 0.6) is 0 Å². The molecule has 0 aliphatic carbocycles.